The van der Waals surface area contributed by atoms with Crippen LogP contribution in [0.2, 0.25) is 0 Å². The maximum Gasteiger partial charge on any atom is 0.311 e. The number of esters is 1. The molecule has 3 rings (SSSR count). The molecule has 0 aliphatic carbocycles. The first-order valence-corrected chi connectivity index (χ1v) is 9.81. The van der Waals surface area contributed by atoms with Crippen LogP contribution in [-0.2, 0) is 32.1 Å². The van der Waals surface area contributed by atoms with Gasteiger partial charge in [0.15, 0.2) is 18.1 Å². The molecule has 8 heteroatoms. The van der Waals surface area contributed by atoms with Gasteiger partial charge in [0.05, 0.1) is 20.1 Å². The van der Waals surface area contributed by atoms with Gasteiger partial charge < -0.3 is 24.0 Å². The Hall–Kier alpha value is -2.77. The lowest BCUT2D eigenvalue weighted by molar-refractivity contribution is -0.155. The number of likely N-dealkylation sites (tertiary alicyclic amines) is 1. The van der Waals surface area contributed by atoms with Crippen molar-refractivity contribution in [3.63, 3.8) is 0 Å². The summed E-state index contributed by atoms with van der Waals surface area (Å²) >= 11 is 0. The first kappa shape index (κ1) is 21.0. The average molecular weight is 404 g/mol. The minimum absolute atomic E-state index is 0.0472. The highest BCUT2D eigenvalue weighted by molar-refractivity contribution is 5.88. The Morgan fingerprint density at radius 1 is 1.14 bits per heavy atom. The van der Waals surface area contributed by atoms with Crippen LogP contribution in [-0.4, -0.2) is 67.5 Å². The molecule has 1 fully saturated rings. The van der Waals surface area contributed by atoms with E-state index in [0.29, 0.717) is 37.6 Å². The van der Waals surface area contributed by atoms with Crippen LogP contribution in [0, 0.1) is 5.92 Å². The molecule has 8 nitrogen and oxygen atoms in total. The fraction of sp³-hybridized carbons (Fsp3) is 0.571. The van der Waals surface area contributed by atoms with Gasteiger partial charge in [-0.3, -0.25) is 14.4 Å². The smallest absolute Gasteiger partial charge is 0.311 e. The molecule has 0 bridgehead atoms. The van der Waals surface area contributed by atoms with Gasteiger partial charge >= 0.3 is 5.97 Å². The standard InChI is InChI=1S/C21H28N2O6/c1-13(2)23-11-16(9-19(23)24)21(26)29-12-20(25)22-6-5-14-7-17(27-3)18(28-4)8-15(14)10-22/h7-8,13,16H,5-6,9-12H2,1-4H3/t16-/m1/s1. The predicted molar refractivity (Wildman–Crippen MR) is 105 cm³/mol. The van der Waals surface area contributed by atoms with Crippen molar-refractivity contribution in [1.82, 2.24) is 9.80 Å². The van der Waals surface area contributed by atoms with E-state index < -0.39 is 11.9 Å². The first-order chi connectivity index (χ1) is 13.8. The summed E-state index contributed by atoms with van der Waals surface area (Å²) < 4.78 is 15.9. The summed E-state index contributed by atoms with van der Waals surface area (Å²) in [6.07, 6.45) is 0.833. The highest BCUT2D eigenvalue weighted by Gasteiger charge is 2.37. The van der Waals surface area contributed by atoms with Gasteiger partial charge in [0.25, 0.3) is 5.91 Å². The van der Waals surface area contributed by atoms with Crippen molar-refractivity contribution in [1.29, 1.82) is 0 Å². The fourth-order valence-corrected chi connectivity index (χ4v) is 3.83. The number of nitrogens with zero attached hydrogens (tertiary/aromatic N) is 2. The van der Waals surface area contributed by atoms with E-state index in [1.165, 1.54) is 0 Å². The summed E-state index contributed by atoms with van der Waals surface area (Å²) in [5.41, 5.74) is 2.10. The average Bonchev–Trinajstić information content (AvgIpc) is 3.12. The van der Waals surface area contributed by atoms with Crippen LogP contribution in [0.4, 0.5) is 0 Å². The number of ether oxygens (including phenoxy) is 3. The van der Waals surface area contributed by atoms with E-state index in [9.17, 15) is 14.4 Å². The van der Waals surface area contributed by atoms with Crippen LogP contribution in [0.15, 0.2) is 12.1 Å². The summed E-state index contributed by atoms with van der Waals surface area (Å²) in [5, 5.41) is 0. The molecule has 158 valence electrons. The summed E-state index contributed by atoms with van der Waals surface area (Å²) in [6.45, 7) is 4.83. The van der Waals surface area contributed by atoms with Gasteiger partial charge in [0.1, 0.15) is 0 Å². The zero-order valence-corrected chi connectivity index (χ0v) is 17.4. The third-order valence-electron chi connectivity index (χ3n) is 5.52. The van der Waals surface area contributed by atoms with Crippen LogP contribution < -0.4 is 9.47 Å². The van der Waals surface area contributed by atoms with Crippen LogP contribution in [0.1, 0.15) is 31.4 Å². The molecule has 2 aliphatic rings. The monoisotopic (exact) mass is 404 g/mol. The summed E-state index contributed by atoms with van der Waals surface area (Å²) in [5.74, 6) is -0.00150. The van der Waals surface area contributed by atoms with Gasteiger partial charge in [-0.25, -0.2) is 0 Å². The normalized spacial score (nSPS) is 18.7. The Labute approximate surface area is 170 Å². The zero-order chi connectivity index (χ0) is 21.1. The summed E-state index contributed by atoms with van der Waals surface area (Å²) in [6, 6.07) is 3.86. The van der Waals surface area contributed by atoms with Gasteiger partial charge in [-0.2, -0.15) is 0 Å². The first-order valence-electron chi connectivity index (χ1n) is 9.81. The molecule has 0 saturated carbocycles. The van der Waals surface area contributed by atoms with Crippen LogP contribution in [0.3, 0.4) is 0 Å². The van der Waals surface area contributed by atoms with Gasteiger partial charge in [-0.15, -0.1) is 0 Å². The van der Waals surface area contributed by atoms with E-state index >= 15 is 0 Å². The van der Waals surface area contributed by atoms with Crippen LogP contribution >= 0.6 is 0 Å². The number of hydrogen-bond donors (Lipinski definition) is 0. The van der Waals surface area contributed by atoms with Crippen molar-refractivity contribution >= 4 is 17.8 Å². The predicted octanol–water partition coefficient (Wildman–Crippen LogP) is 1.39. The van der Waals surface area contributed by atoms with Crippen LogP contribution in [0.25, 0.3) is 0 Å². The van der Waals surface area contributed by atoms with Gasteiger partial charge in [-0.05, 0) is 43.5 Å². The molecule has 2 heterocycles. The minimum Gasteiger partial charge on any atom is -0.493 e. The lowest BCUT2D eigenvalue weighted by Gasteiger charge is -2.29. The van der Waals surface area contributed by atoms with E-state index in [2.05, 4.69) is 0 Å². The number of hydrogen-bond acceptors (Lipinski definition) is 6. The second-order valence-corrected chi connectivity index (χ2v) is 7.69. The Bertz CT molecular complexity index is 807. The molecule has 29 heavy (non-hydrogen) atoms. The quantitative estimate of drug-likeness (QED) is 0.666. The number of methoxy groups -OCH3 is 2. The maximum atomic E-state index is 12.6. The van der Waals surface area contributed by atoms with Gasteiger partial charge in [0.2, 0.25) is 5.91 Å². The highest BCUT2D eigenvalue weighted by atomic mass is 16.5. The van der Waals surface area contributed by atoms with Crippen molar-refractivity contribution in [3.05, 3.63) is 23.3 Å². The minimum atomic E-state index is -0.503. The fourth-order valence-electron chi connectivity index (χ4n) is 3.83. The highest BCUT2D eigenvalue weighted by Crippen LogP contribution is 2.33. The summed E-state index contributed by atoms with van der Waals surface area (Å²) in [7, 11) is 3.17. The SMILES string of the molecule is COc1cc2c(cc1OC)CN(C(=O)COC(=O)[C@@H]1CC(=O)N(C(C)C)C1)CC2. The number of benzene rings is 1. The van der Waals surface area contributed by atoms with Gasteiger partial charge in [0, 0.05) is 32.1 Å². The number of carbonyl (C=O) groups excluding carboxylic acids is 3. The van der Waals surface area contributed by atoms with E-state index in [4.69, 9.17) is 14.2 Å². The molecule has 0 aromatic heterocycles. The molecule has 0 spiro atoms. The molecule has 1 aromatic carbocycles. The van der Waals surface area contributed by atoms with Gasteiger partial charge in [-0.1, -0.05) is 0 Å². The number of amides is 2. The van der Waals surface area contributed by atoms with E-state index in [1.807, 2.05) is 26.0 Å². The second kappa shape index (κ2) is 8.71. The topological polar surface area (TPSA) is 85.4 Å². The third-order valence-corrected chi connectivity index (χ3v) is 5.52. The maximum absolute atomic E-state index is 12.6. The molecule has 2 aliphatic heterocycles. The molecule has 2 amide bonds. The van der Waals surface area contributed by atoms with Crippen molar-refractivity contribution in [2.75, 3.05) is 33.9 Å². The Morgan fingerprint density at radius 3 is 2.38 bits per heavy atom. The van der Waals surface area contributed by atoms with Crippen molar-refractivity contribution < 1.29 is 28.6 Å². The third kappa shape index (κ3) is 4.46. The molecule has 0 radical (unpaired) electrons. The molecule has 0 unspecified atom stereocenters. The second-order valence-electron chi connectivity index (χ2n) is 7.69. The van der Waals surface area contributed by atoms with Crippen molar-refractivity contribution in [3.8, 4) is 11.5 Å². The number of fused-ring (bicyclic) bond motifs is 1. The Balaban J connectivity index is 1.56. The molecular formula is C21H28N2O6. The van der Waals surface area contributed by atoms with E-state index in [0.717, 1.165) is 11.1 Å². The summed E-state index contributed by atoms with van der Waals surface area (Å²) in [4.78, 5) is 40.1. The zero-order valence-electron chi connectivity index (χ0n) is 17.4. The number of carbonyl (C=O) groups is 3. The van der Waals surface area contributed by atoms with Crippen molar-refractivity contribution in [2.24, 2.45) is 5.92 Å². The molecular weight excluding hydrogens is 376 g/mol. The molecule has 1 aromatic rings. The molecule has 1 saturated heterocycles. The Morgan fingerprint density at radius 2 is 1.79 bits per heavy atom. The number of rotatable bonds is 6. The molecule has 0 N–H and O–H groups in total. The van der Waals surface area contributed by atoms with E-state index in [1.54, 1.807) is 24.0 Å². The van der Waals surface area contributed by atoms with Crippen LogP contribution in [0.5, 0.6) is 11.5 Å². The lowest BCUT2D eigenvalue weighted by Crippen LogP contribution is -2.39. The van der Waals surface area contributed by atoms with Crippen molar-refractivity contribution in [2.45, 2.75) is 39.3 Å². The lowest BCUT2D eigenvalue weighted by atomic mass is 9.99. The molecule has 1 atom stereocenters. The van der Waals surface area contributed by atoms with E-state index in [-0.39, 0.29) is 30.9 Å². The largest absolute Gasteiger partial charge is 0.493 e. The Kier molecular flexibility index (Phi) is 6.30.